The van der Waals surface area contributed by atoms with Gasteiger partial charge in [0.05, 0.1) is 12.3 Å². The van der Waals surface area contributed by atoms with Crippen LogP contribution in [0.2, 0.25) is 0 Å². The van der Waals surface area contributed by atoms with Crippen molar-refractivity contribution in [3.8, 4) is 5.88 Å². The summed E-state index contributed by atoms with van der Waals surface area (Å²) in [7, 11) is 3.82. The zero-order valence-corrected chi connectivity index (χ0v) is 17.3. The highest BCUT2D eigenvalue weighted by molar-refractivity contribution is 7.99. The number of carbonyl (C=O) groups excluding carboxylic acids is 1. The third kappa shape index (κ3) is 4.79. The van der Waals surface area contributed by atoms with Crippen molar-refractivity contribution in [1.82, 2.24) is 20.1 Å². The molecule has 0 spiro atoms. The van der Waals surface area contributed by atoms with Crippen LogP contribution in [0.4, 0.5) is 5.82 Å². The molecule has 29 heavy (non-hydrogen) atoms. The smallest absolute Gasteiger partial charge is 0.257 e. The summed E-state index contributed by atoms with van der Waals surface area (Å²) in [4.78, 5) is 20.8. The van der Waals surface area contributed by atoms with E-state index >= 15 is 0 Å². The summed E-state index contributed by atoms with van der Waals surface area (Å²) in [5.41, 5.74) is 1.53. The number of ether oxygens (including phenoxy) is 1. The molecule has 4 rings (SSSR count). The molecule has 1 unspecified atom stereocenters. The zero-order chi connectivity index (χ0) is 20.2. The van der Waals surface area contributed by atoms with E-state index in [0.29, 0.717) is 17.6 Å². The van der Waals surface area contributed by atoms with Crippen LogP contribution >= 0.6 is 11.8 Å². The first-order valence-electron chi connectivity index (χ1n) is 9.52. The topological polar surface area (TPSA) is 84.6 Å². The average Bonchev–Trinajstić information content (AvgIpc) is 3.15. The molecule has 0 bridgehead atoms. The number of carbonyl (C=O) groups is 1. The van der Waals surface area contributed by atoms with Crippen molar-refractivity contribution in [1.29, 1.82) is 0 Å². The quantitative estimate of drug-likeness (QED) is 0.571. The molecule has 9 heteroatoms. The van der Waals surface area contributed by atoms with Crippen LogP contribution < -0.4 is 9.64 Å². The Labute approximate surface area is 173 Å². The van der Waals surface area contributed by atoms with E-state index < -0.39 is 0 Å². The Morgan fingerprint density at radius 1 is 1.28 bits per heavy atom. The fraction of sp³-hybridized carbons (Fsp3) is 0.400. The van der Waals surface area contributed by atoms with Crippen LogP contribution in [0.5, 0.6) is 5.88 Å². The second-order valence-electron chi connectivity index (χ2n) is 7.08. The van der Waals surface area contributed by atoms with E-state index in [4.69, 9.17) is 9.15 Å². The molecule has 2 aromatic heterocycles. The van der Waals surface area contributed by atoms with Gasteiger partial charge < -0.3 is 19.0 Å². The van der Waals surface area contributed by atoms with Gasteiger partial charge in [0.2, 0.25) is 11.8 Å². The summed E-state index contributed by atoms with van der Waals surface area (Å²) in [5, 5.41) is 8.76. The Morgan fingerprint density at radius 3 is 2.90 bits per heavy atom. The first-order chi connectivity index (χ1) is 14.1. The molecule has 0 radical (unpaired) electrons. The molecular formula is C20H23N5O3S. The van der Waals surface area contributed by atoms with Crippen molar-refractivity contribution in [2.24, 2.45) is 0 Å². The van der Waals surface area contributed by atoms with Gasteiger partial charge in [-0.05, 0) is 31.0 Å². The number of nitrogens with zero attached hydrogens (tertiary/aromatic N) is 5. The molecule has 1 saturated heterocycles. The number of para-hydroxylation sites is 2. The number of piperidine rings is 1. The van der Waals surface area contributed by atoms with E-state index in [9.17, 15) is 4.79 Å². The van der Waals surface area contributed by atoms with Gasteiger partial charge in [0.1, 0.15) is 11.6 Å². The highest BCUT2D eigenvalue weighted by Crippen LogP contribution is 2.24. The number of rotatable bonds is 6. The summed E-state index contributed by atoms with van der Waals surface area (Å²) in [6.45, 7) is 1.28. The number of oxazole rings is 1. The fourth-order valence-electron chi connectivity index (χ4n) is 3.17. The Hall–Kier alpha value is -2.81. The summed E-state index contributed by atoms with van der Waals surface area (Å²) in [6.07, 6.45) is 1.70. The monoisotopic (exact) mass is 413 g/mol. The lowest BCUT2D eigenvalue weighted by Crippen LogP contribution is -2.45. The van der Waals surface area contributed by atoms with Crippen molar-refractivity contribution in [2.75, 3.05) is 37.8 Å². The summed E-state index contributed by atoms with van der Waals surface area (Å²) >= 11 is 1.32. The first-order valence-corrected chi connectivity index (χ1v) is 10.5. The second-order valence-corrected chi connectivity index (χ2v) is 8.01. The molecule has 1 atom stereocenters. The first kappa shape index (κ1) is 19.5. The predicted octanol–water partition coefficient (Wildman–Crippen LogP) is 2.85. The third-order valence-electron chi connectivity index (χ3n) is 4.70. The molecule has 0 aliphatic carbocycles. The Balaban J connectivity index is 1.30. The molecule has 8 nitrogen and oxygen atoms in total. The number of likely N-dealkylation sites (tertiary alicyclic amines) is 1. The minimum Gasteiger partial charge on any atom is -0.471 e. The third-order valence-corrected chi connectivity index (χ3v) is 5.51. The molecule has 3 heterocycles. The number of fused-ring (bicyclic) bond motifs is 1. The van der Waals surface area contributed by atoms with Gasteiger partial charge in [0, 0.05) is 26.7 Å². The number of aromatic nitrogens is 3. The van der Waals surface area contributed by atoms with Gasteiger partial charge in [-0.1, -0.05) is 23.9 Å². The molecule has 152 valence electrons. The minimum atomic E-state index is -0.0819. The van der Waals surface area contributed by atoms with Crippen LogP contribution in [0.3, 0.4) is 0 Å². The lowest BCUT2D eigenvalue weighted by atomic mass is 10.1. The standard InChI is InChI=1S/C20H23N5O3S/c1-24(2)17-9-10-18(23-22-17)27-14-6-5-11-25(12-14)19(26)13-29-20-21-15-7-3-4-8-16(15)28-20/h3-4,7-10,14H,5-6,11-13H2,1-2H3. The highest BCUT2D eigenvalue weighted by Gasteiger charge is 2.25. The number of hydrogen-bond acceptors (Lipinski definition) is 8. The van der Waals surface area contributed by atoms with Crippen molar-refractivity contribution in [3.63, 3.8) is 0 Å². The minimum absolute atomic E-state index is 0.0552. The van der Waals surface area contributed by atoms with E-state index in [1.807, 2.05) is 60.3 Å². The van der Waals surface area contributed by atoms with E-state index in [2.05, 4.69) is 15.2 Å². The van der Waals surface area contributed by atoms with Crippen molar-refractivity contribution >= 4 is 34.6 Å². The van der Waals surface area contributed by atoms with E-state index in [1.165, 1.54) is 11.8 Å². The molecule has 1 fully saturated rings. The average molecular weight is 414 g/mol. The molecule has 1 aliphatic heterocycles. The van der Waals surface area contributed by atoms with Crippen molar-refractivity contribution in [2.45, 2.75) is 24.2 Å². The van der Waals surface area contributed by atoms with Gasteiger partial charge in [0.25, 0.3) is 5.22 Å². The molecule has 1 amide bonds. The summed E-state index contributed by atoms with van der Waals surface area (Å²) < 4.78 is 11.6. The van der Waals surface area contributed by atoms with E-state index in [0.717, 1.165) is 36.3 Å². The van der Waals surface area contributed by atoms with Crippen LogP contribution in [0.1, 0.15) is 12.8 Å². The largest absolute Gasteiger partial charge is 0.471 e. The number of hydrogen-bond donors (Lipinski definition) is 0. The van der Waals surface area contributed by atoms with Crippen LogP contribution in [0, 0.1) is 0 Å². The van der Waals surface area contributed by atoms with Gasteiger partial charge in [-0.2, -0.15) is 0 Å². The molecule has 3 aromatic rings. The fourth-order valence-corrected chi connectivity index (χ4v) is 3.91. The maximum absolute atomic E-state index is 12.7. The molecule has 1 aliphatic rings. The number of anilines is 1. The summed E-state index contributed by atoms with van der Waals surface area (Å²) in [5.74, 6) is 1.60. The molecule has 1 aromatic carbocycles. The van der Waals surface area contributed by atoms with E-state index in [1.54, 1.807) is 0 Å². The number of amides is 1. The second kappa shape index (κ2) is 8.69. The number of thioether (sulfide) groups is 1. The lowest BCUT2D eigenvalue weighted by Gasteiger charge is -2.32. The number of benzene rings is 1. The Bertz CT molecular complexity index is 943. The SMILES string of the molecule is CN(C)c1ccc(OC2CCCN(C(=O)CSc3nc4ccccc4o3)C2)nn1. The van der Waals surface area contributed by atoms with Crippen LogP contribution in [0.25, 0.3) is 11.1 Å². The van der Waals surface area contributed by atoms with Crippen molar-refractivity contribution < 1.29 is 13.9 Å². The Morgan fingerprint density at radius 2 is 2.14 bits per heavy atom. The molecule has 0 N–H and O–H groups in total. The van der Waals surface area contributed by atoms with Crippen LogP contribution in [0.15, 0.2) is 46.0 Å². The normalized spacial score (nSPS) is 16.8. The van der Waals surface area contributed by atoms with Gasteiger partial charge in [-0.25, -0.2) is 4.98 Å². The molecule has 0 saturated carbocycles. The highest BCUT2D eigenvalue weighted by atomic mass is 32.2. The maximum Gasteiger partial charge on any atom is 0.257 e. The van der Waals surface area contributed by atoms with E-state index in [-0.39, 0.29) is 17.8 Å². The predicted molar refractivity (Wildman–Crippen MR) is 111 cm³/mol. The van der Waals surface area contributed by atoms with Gasteiger partial charge >= 0.3 is 0 Å². The summed E-state index contributed by atoms with van der Waals surface area (Å²) in [6, 6.07) is 11.3. The van der Waals surface area contributed by atoms with Gasteiger partial charge in [-0.3, -0.25) is 4.79 Å². The maximum atomic E-state index is 12.7. The van der Waals surface area contributed by atoms with Gasteiger partial charge in [-0.15, -0.1) is 10.2 Å². The van der Waals surface area contributed by atoms with Crippen LogP contribution in [-0.4, -0.2) is 65.0 Å². The Kier molecular flexibility index (Phi) is 5.84. The zero-order valence-electron chi connectivity index (χ0n) is 16.4. The molecular weight excluding hydrogens is 390 g/mol. The van der Waals surface area contributed by atoms with Gasteiger partial charge in [0.15, 0.2) is 11.4 Å². The van der Waals surface area contributed by atoms with Crippen molar-refractivity contribution in [3.05, 3.63) is 36.4 Å². The lowest BCUT2D eigenvalue weighted by molar-refractivity contribution is -0.131. The van der Waals surface area contributed by atoms with Crippen LogP contribution in [-0.2, 0) is 4.79 Å².